The van der Waals surface area contributed by atoms with Crippen LogP contribution < -0.4 is 0 Å². The van der Waals surface area contributed by atoms with Gasteiger partial charge in [-0.25, -0.2) is 8.78 Å². The summed E-state index contributed by atoms with van der Waals surface area (Å²) in [5.41, 5.74) is 3.38. The van der Waals surface area contributed by atoms with Gasteiger partial charge in [-0.2, -0.15) is 0 Å². The third-order valence-electron chi connectivity index (χ3n) is 4.83. The largest absolute Gasteiger partial charge is 0.206 e. The number of rotatable bonds is 6. The van der Waals surface area contributed by atoms with Gasteiger partial charge in [-0.05, 0) is 63.2 Å². The molecule has 4 aromatic rings. The van der Waals surface area contributed by atoms with Crippen molar-refractivity contribution in [2.45, 2.75) is 50.1 Å². The molecule has 0 aromatic heterocycles. The van der Waals surface area contributed by atoms with Gasteiger partial charge in [0.25, 0.3) is 0 Å². The van der Waals surface area contributed by atoms with Gasteiger partial charge in [-0.3, -0.25) is 0 Å². The van der Waals surface area contributed by atoms with E-state index >= 15 is 8.78 Å². The molecule has 0 N–H and O–H groups in total. The molecule has 0 fully saturated rings. The Hall–Kier alpha value is -2.21. The van der Waals surface area contributed by atoms with Crippen molar-refractivity contribution >= 4 is 35.3 Å². The first-order valence-corrected chi connectivity index (χ1v) is 12.6. The smallest absolute Gasteiger partial charge is 0.152 e. The number of halogens is 2. The first-order valence-electron chi connectivity index (χ1n) is 10.1. The van der Waals surface area contributed by atoms with Crippen molar-refractivity contribution in [3.63, 3.8) is 0 Å². The molecule has 0 heterocycles. The molecule has 0 amide bonds. The molecule has 0 aliphatic carbocycles. The highest BCUT2D eigenvalue weighted by Crippen LogP contribution is 2.45. The summed E-state index contributed by atoms with van der Waals surface area (Å²) in [7, 11) is 0. The number of hydrogen-bond donors (Lipinski definition) is 0. The summed E-state index contributed by atoms with van der Waals surface area (Å²) in [5.74, 6) is -0.807. The lowest BCUT2D eigenvalue weighted by molar-refractivity contribution is 0.528. The Morgan fingerprint density at radius 3 is 1.31 bits per heavy atom. The highest BCUT2D eigenvalue weighted by Gasteiger charge is 2.21. The molecule has 4 rings (SSSR count). The number of aryl methyl sites for hydroxylation is 3. The van der Waals surface area contributed by atoms with Crippen LogP contribution in [0.3, 0.4) is 0 Å². The average Bonchev–Trinajstić information content (AvgIpc) is 2.78. The van der Waals surface area contributed by atoms with Crippen LogP contribution in [0.5, 0.6) is 0 Å². The summed E-state index contributed by atoms with van der Waals surface area (Å²) in [5, 5.41) is 0. The summed E-state index contributed by atoms with van der Waals surface area (Å²) in [6.45, 7) is 6.01. The van der Waals surface area contributed by atoms with Gasteiger partial charge in [0, 0.05) is 14.7 Å². The third kappa shape index (κ3) is 5.58. The fourth-order valence-corrected chi connectivity index (χ4v) is 5.95. The lowest BCUT2D eigenvalue weighted by Crippen LogP contribution is -1.95. The molecule has 5 heteroatoms. The summed E-state index contributed by atoms with van der Waals surface area (Å²) < 4.78 is 31.2. The minimum absolute atomic E-state index is 0.286. The topological polar surface area (TPSA) is 0 Å². The van der Waals surface area contributed by atoms with E-state index in [1.165, 1.54) is 41.4 Å². The van der Waals surface area contributed by atoms with Crippen molar-refractivity contribution in [1.29, 1.82) is 0 Å². The Balaban J connectivity index is 1.76. The molecule has 0 unspecified atom stereocenters. The second-order valence-corrected chi connectivity index (χ2v) is 10.9. The molecule has 0 nitrogen and oxygen atoms in total. The molecular weight excluding hydrogens is 458 g/mol. The van der Waals surface area contributed by atoms with Crippen molar-refractivity contribution in [1.82, 2.24) is 0 Å². The fourth-order valence-electron chi connectivity index (χ4n) is 3.01. The molecule has 4 aromatic carbocycles. The van der Waals surface area contributed by atoms with E-state index in [2.05, 4.69) is 0 Å². The molecule has 0 aliphatic rings. The molecule has 0 aliphatic heterocycles. The zero-order valence-corrected chi connectivity index (χ0v) is 20.4. The molecule has 0 radical (unpaired) electrons. The van der Waals surface area contributed by atoms with Gasteiger partial charge in [0.2, 0.25) is 0 Å². The first-order chi connectivity index (χ1) is 15.4. The average molecular weight is 481 g/mol. The molecule has 32 heavy (non-hydrogen) atoms. The van der Waals surface area contributed by atoms with E-state index in [-0.39, 0.29) is 4.90 Å². The van der Waals surface area contributed by atoms with E-state index in [9.17, 15) is 0 Å². The van der Waals surface area contributed by atoms with E-state index in [0.717, 1.165) is 31.4 Å². The van der Waals surface area contributed by atoms with Gasteiger partial charge in [-0.15, -0.1) is 0 Å². The minimum Gasteiger partial charge on any atom is -0.206 e. The van der Waals surface area contributed by atoms with Crippen LogP contribution in [0.25, 0.3) is 0 Å². The maximum atomic E-state index is 15.8. The number of hydrogen-bond acceptors (Lipinski definition) is 3. The van der Waals surface area contributed by atoms with E-state index in [1.807, 2.05) is 93.6 Å². The molecule has 0 bridgehead atoms. The first kappa shape index (κ1) is 23.0. The van der Waals surface area contributed by atoms with Crippen molar-refractivity contribution in [2.24, 2.45) is 0 Å². The summed E-state index contributed by atoms with van der Waals surface area (Å²) in [4.78, 5) is 3.53. The van der Waals surface area contributed by atoms with E-state index in [1.54, 1.807) is 0 Å². The lowest BCUT2D eigenvalue weighted by Gasteiger charge is -2.15. The SMILES string of the molecule is Cc1ccc(Sc2cc(F)c(Sc3ccc(C)cc3)c(Sc3ccc(C)cc3)c2F)cc1. The second kappa shape index (κ2) is 10.2. The van der Waals surface area contributed by atoms with Crippen molar-refractivity contribution in [2.75, 3.05) is 0 Å². The predicted octanol–water partition coefficient (Wildman–Crippen LogP) is 9.34. The Morgan fingerprint density at radius 2 is 0.875 bits per heavy atom. The van der Waals surface area contributed by atoms with Crippen LogP contribution >= 0.6 is 35.3 Å². The maximum Gasteiger partial charge on any atom is 0.152 e. The zero-order chi connectivity index (χ0) is 22.7. The molecule has 0 saturated carbocycles. The third-order valence-corrected chi connectivity index (χ3v) is 8.19. The van der Waals surface area contributed by atoms with Crippen LogP contribution in [0, 0.1) is 32.4 Å². The number of benzene rings is 4. The molecule has 0 saturated heterocycles. The summed E-state index contributed by atoms with van der Waals surface area (Å²) >= 11 is 3.77. The van der Waals surface area contributed by atoms with E-state index < -0.39 is 11.6 Å². The van der Waals surface area contributed by atoms with Crippen molar-refractivity contribution < 1.29 is 8.78 Å². The lowest BCUT2D eigenvalue weighted by atomic mass is 10.2. The maximum absolute atomic E-state index is 15.8. The molecule has 162 valence electrons. The second-order valence-electron chi connectivity index (χ2n) is 7.57. The molecule has 0 spiro atoms. The predicted molar refractivity (Wildman–Crippen MR) is 132 cm³/mol. The molecule has 0 atom stereocenters. The Labute approximate surface area is 200 Å². The molecular formula is C27H22F2S3. The summed E-state index contributed by atoms with van der Waals surface area (Å²) in [6, 6.07) is 24.8. The van der Waals surface area contributed by atoms with Gasteiger partial charge < -0.3 is 0 Å². The van der Waals surface area contributed by atoms with Crippen molar-refractivity contribution in [3.05, 3.63) is 107 Å². The normalized spacial score (nSPS) is 11.0. The summed E-state index contributed by atoms with van der Waals surface area (Å²) in [6.07, 6.45) is 0. The van der Waals surface area contributed by atoms with Crippen LogP contribution in [-0.2, 0) is 0 Å². The van der Waals surface area contributed by atoms with Gasteiger partial charge in [-0.1, -0.05) is 88.4 Å². The van der Waals surface area contributed by atoms with Crippen molar-refractivity contribution in [3.8, 4) is 0 Å². The van der Waals surface area contributed by atoms with Gasteiger partial charge in [0.05, 0.1) is 14.7 Å². The Bertz CT molecular complexity index is 1220. The highest BCUT2D eigenvalue weighted by atomic mass is 32.2. The van der Waals surface area contributed by atoms with Gasteiger partial charge in [0.15, 0.2) is 5.82 Å². The Kier molecular flexibility index (Phi) is 7.29. The fraction of sp³-hybridized carbons (Fsp3) is 0.111. The standard InChI is InChI=1S/C27H22F2S3/c1-17-4-10-20(11-5-17)30-24-16-23(28)26(31-21-12-6-18(2)7-13-21)27(25(24)29)32-22-14-8-19(3)9-15-22/h4-16H,1-3H3. The minimum atomic E-state index is -0.416. The van der Waals surface area contributed by atoms with Crippen LogP contribution in [-0.4, -0.2) is 0 Å². The van der Waals surface area contributed by atoms with E-state index in [4.69, 9.17) is 0 Å². The Morgan fingerprint density at radius 1 is 0.500 bits per heavy atom. The van der Waals surface area contributed by atoms with Crippen LogP contribution in [0.1, 0.15) is 16.7 Å². The van der Waals surface area contributed by atoms with Crippen LogP contribution in [0.15, 0.2) is 108 Å². The zero-order valence-electron chi connectivity index (χ0n) is 18.0. The quantitative estimate of drug-likeness (QED) is 0.270. The van der Waals surface area contributed by atoms with Crippen LogP contribution in [0.2, 0.25) is 0 Å². The van der Waals surface area contributed by atoms with Crippen LogP contribution in [0.4, 0.5) is 8.78 Å². The monoisotopic (exact) mass is 480 g/mol. The van der Waals surface area contributed by atoms with Gasteiger partial charge >= 0.3 is 0 Å². The highest BCUT2D eigenvalue weighted by molar-refractivity contribution is 8.02. The van der Waals surface area contributed by atoms with Gasteiger partial charge in [0.1, 0.15) is 5.82 Å². The van der Waals surface area contributed by atoms with E-state index in [0.29, 0.717) is 9.79 Å².